The van der Waals surface area contributed by atoms with Crippen LogP contribution in [0.5, 0.6) is 0 Å². The normalized spacial score (nSPS) is 17.1. The van der Waals surface area contributed by atoms with Crippen LogP contribution in [-0.4, -0.2) is 35.8 Å². The zero-order chi connectivity index (χ0) is 16.8. The van der Waals surface area contributed by atoms with Crippen LogP contribution < -0.4 is 11.1 Å². The van der Waals surface area contributed by atoms with E-state index in [1.807, 2.05) is 30.3 Å². The topological polar surface area (TPSA) is 75.4 Å². The summed E-state index contributed by atoms with van der Waals surface area (Å²) in [5.74, 6) is 0.416. The van der Waals surface area contributed by atoms with Crippen LogP contribution in [0.4, 0.5) is 5.69 Å². The number of anilines is 1. The number of para-hydroxylation sites is 1. The highest BCUT2D eigenvalue weighted by Crippen LogP contribution is 2.20. The van der Waals surface area contributed by atoms with Crippen molar-refractivity contribution < 1.29 is 9.59 Å². The van der Waals surface area contributed by atoms with Crippen molar-refractivity contribution in [1.82, 2.24) is 4.90 Å². The van der Waals surface area contributed by atoms with E-state index in [9.17, 15) is 9.59 Å². The van der Waals surface area contributed by atoms with Crippen LogP contribution >= 0.6 is 0 Å². The minimum Gasteiger partial charge on any atom is -0.341 e. The molecule has 1 aliphatic heterocycles. The van der Waals surface area contributed by atoms with Crippen LogP contribution in [0.25, 0.3) is 0 Å². The predicted octanol–water partition coefficient (Wildman–Crippen LogP) is 2.24. The van der Waals surface area contributed by atoms with E-state index in [1.54, 1.807) is 4.90 Å². The second-order valence-corrected chi connectivity index (χ2v) is 6.69. The molecule has 0 spiro atoms. The van der Waals surface area contributed by atoms with Crippen molar-refractivity contribution >= 4 is 17.5 Å². The van der Waals surface area contributed by atoms with E-state index >= 15 is 0 Å². The summed E-state index contributed by atoms with van der Waals surface area (Å²) < 4.78 is 0. The van der Waals surface area contributed by atoms with Gasteiger partial charge in [0.05, 0.1) is 6.04 Å². The van der Waals surface area contributed by atoms with Crippen LogP contribution in [0.1, 0.15) is 33.1 Å². The molecule has 1 atom stereocenters. The van der Waals surface area contributed by atoms with Crippen molar-refractivity contribution in [2.75, 3.05) is 18.4 Å². The molecule has 1 heterocycles. The first-order valence-electron chi connectivity index (χ1n) is 8.37. The van der Waals surface area contributed by atoms with Crippen LogP contribution in [0.15, 0.2) is 30.3 Å². The zero-order valence-corrected chi connectivity index (χ0v) is 14.0. The van der Waals surface area contributed by atoms with Gasteiger partial charge in [-0.05, 0) is 37.3 Å². The minimum atomic E-state index is -0.426. The van der Waals surface area contributed by atoms with Gasteiger partial charge < -0.3 is 16.0 Å². The zero-order valence-electron chi connectivity index (χ0n) is 14.0. The third-order valence-corrected chi connectivity index (χ3v) is 4.26. The number of piperidine rings is 1. The van der Waals surface area contributed by atoms with Gasteiger partial charge in [-0.25, -0.2) is 0 Å². The molecule has 126 valence electrons. The van der Waals surface area contributed by atoms with Crippen LogP contribution in [0.2, 0.25) is 0 Å². The second kappa shape index (κ2) is 8.11. The fraction of sp³-hybridized carbons (Fsp3) is 0.556. The van der Waals surface area contributed by atoms with E-state index in [1.165, 1.54) is 0 Å². The minimum absolute atomic E-state index is 0.0145. The molecular formula is C18H27N3O2. The van der Waals surface area contributed by atoms with Crippen molar-refractivity contribution in [1.29, 1.82) is 0 Å². The van der Waals surface area contributed by atoms with Crippen molar-refractivity contribution in [2.45, 2.75) is 39.2 Å². The SMILES string of the molecule is CC(C)C[C@H](N)C(=O)N1CCC(C(=O)Nc2ccccc2)CC1. The van der Waals surface area contributed by atoms with Crippen molar-refractivity contribution in [3.8, 4) is 0 Å². The molecule has 0 unspecified atom stereocenters. The Bertz CT molecular complexity index is 522. The summed E-state index contributed by atoms with van der Waals surface area (Å²) in [5, 5.41) is 2.94. The molecule has 0 bridgehead atoms. The number of rotatable bonds is 5. The van der Waals surface area contributed by atoms with E-state index in [0.717, 1.165) is 5.69 Å². The molecule has 5 heteroatoms. The van der Waals surface area contributed by atoms with Gasteiger partial charge in [-0.2, -0.15) is 0 Å². The molecule has 1 aromatic rings. The molecular weight excluding hydrogens is 290 g/mol. The molecule has 23 heavy (non-hydrogen) atoms. The van der Waals surface area contributed by atoms with E-state index < -0.39 is 6.04 Å². The molecule has 0 aliphatic carbocycles. The highest BCUT2D eigenvalue weighted by atomic mass is 16.2. The number of carbonyl (C=O) groups excluding carboxylic acids is 2. The number of amides is 2. The molecule has 1 saturated heterocycles. The fourth-order valence-electron chi connectivity index (χ4n) is 2.97. The fourth-order valence-corrected chi connectivity index (χ4v) is 2.97. The Morgan fingerprint density at radius 3 is 2.39 bits per heavy atom. The van der Waals surface area contributed by atoms with Crippen molar-refractivity contribution in [2.24, 2.45) is 17.6 Å². The maximum Gasteiger partial charge on any atom is 0.239 e. The monoisotopic (exact) mass is 317 g/mol. The van der Waals surface area contributed by atoms with Crippen LogP contribution in [0, 0.1) is 11.8 Å². The maximum atomic E-state index is 12.3. The number of hydrogen-bond donors (Lipinski definition) is 2. The number of carbonyl (C=O) groups is 2. The standard InChI is InChI=1S/C18H27N3O2/c1-13(2)12-16(19)18(23)21-10-8-14(9-11-21)17(22)20-15-6-4-3-5-7-15/h3-7,13-14,16H,8-12,19H2,1-2H3,(H,20,22)/t16-/m0/s1. The Morgan fingerprint density at radius 1 is 1.22 bits per heavy atom. The summed E-state index contributed by atoms with van der Waals surface area (Å²) in [7, 11) is 0. The average molecular weight is 317 g/mol. The summed E-state index contributed by atoms with van der Waals surface area (Å²) >= 11 is 0. The lowest BCUT2D eigenvalue weighted by Crippen LogP contribution is -2.48. The van der Waals surface area contributed by atoms with Gasteiger partial charge in [0.2, 0.25) is 11.8 Å². The highest BCUT2D eigenvalue weighted by molar-refractivity contribution is 5.92. The van der Waals surface area contributed by atoms with Gasteiger partial charge in [0.15, 0.2) is 0 Å². The molecule has 0 saturated carbocycles. The largest absolute Gasteiger partial charge is 0.341 e. The third kappa shape index (κ3) is 5.06. The summed E-state index contributed by atoms with van der Waals surface area (Å²) in [4.78, 5) is 26.4. The smallest absolute Gasteiger partial charge is 0.239 e. The maximum absolute atomic E-state index is 12.3. The summed E-state index contributed by atoms with van der Waals surface area (Å²) in [6.45, 7) is 5.34. The number of nitrogens with one attached hydrogen (secondary N) is 1. The van der Waals surface area contributed by atoms with Crippen LogP contribution in [-0.2, 0) is 9.59 Å². The number of benzene rings is 1. The molecule has 0 aromatic heterocycles. The number of nitrogens with zero attached hydrogens (tertiary/aromatic N) is 1. The first-order chi connectivity index (χ1) is 11.0. The Morgan fingerprint density at radius 2 is 1.83 bits per heavy atom. The molecule has 1 fully saturated rings. The second-order valence-electron chi connectivity index (χ2n) is 6.69. The van der Waals surface area contributed by atoms with Gasteiger partial charge >= 0.3 is 0 Å². The first-order valence-corrected chi connectivity index (χ1v) is 8.37. The predicted molar refractivity (Wildman–Crippen MR) is 91.8 cm³/mol. The van der Waals surface area contributed by atoms with Gasteiger partial charge in [-0.3, -0.25) is 9.59 Å². The Kier molecular flexibility index (Phi) is 6.16. The number of nitrogens with two attached hydrogens (primary N) is 1. The van der Waals surface area contributed by atoms with Crippen LogP contribution in [0.3, 0.4) is 0 Å². The molecule has 2 amide bonds. The van der Waals surface area contributed by atoms with Gasteiger partial charge in [-0.1, -0.05) is 32.0 Å². The molecule has 3 N–H and O–H groups in total. The van der Waals surface area contributed by atoms with E-state index in [0.29, 0.717) is 38.3 Å². The van der Waals surface area contributed by atoms with E-state index in [2.05, 4.69) is 19.2 Å². The lowest BCUT2D eigenvalue weighted by Gasteiger charge is -2.33. The molecule has 2 rings (SSSR count). The van der Waals surface area contributed by atoms with Gasteiger partial charge in [0, 0.05) is 24.7 Å². The Hall–Kier alpha value is -1.88. The van der Waals surface area contributed by atoms with Gasteiger partial charge in [0.25, 0.3) is 0 Å². The van der Waals surface area contributed by atoms with Gasteiger partial charge in [0.1, 0.15) is 0 Å². The average Bonchev–Trinajstić information content (AvgIpc) is 2.54. The summed E-state index contributed by atoms with van der Waals surface area (Å²) in [5.41, 5.74) is 6.79. The van der Waals surface area contributed by atoms with E-state index in [4.69, 9.17) is 5.73 Å². The number of hydrogen-bond acceptors (Lipinski definition) is 3. The Balaban J connectivity index is 1.81. The molecule has 1 aromatic carbocycles. The molecule has 1 aliphatic rings. The summed E-state index contributed by atoms with van der Waals surface area (Å²) in [6, 6.07) is 9.04. The van der Waals surface area contributed by atoms with E-state index in [-0.39, 0.29) is 17.7 Å². The lowest BCUT2D eigenvalue weighted by molar-refractivity contribution is -0.136. The quantitative estimate of drug-likeness (QED) is 0.874. The first kappa shape index (κ1) is 17.5. The van der Waals surface area contributed by atoms with Crippen molar-refractivity contribution in [3.63, 3.8) is 0 Å². The van der Waals surface area contributed by atoms with Crippen molar-refractivity contribution in [3.05, 3.63) is 30.3 Å². The summed E-state index contributed by atoms with van der Waals surface area (Å²) in [6.07, 6.45) is 2.09. The molecule has 0 radical (unpaired) electrons. The third-order valence-electron chi connectivity index (χ3n) is 4.26. The highest BCUT2D eigenvalue weighted by Gasteiger charge is 2.29. The molecule has 5 nitrogen and oxygen atoms in total. The Labute approximate surface area is 138 Å². The van der Waals surface area contributed by atoms with Gasteiger partial charge in [-0.15, -0.1) is 0 Å². The lowest BCUT2D eigenvalue weighted by atomic mass is 9.94. The number of likely N-dealkylation sites (tertiary alicyclic amines) is 1.